The fourth-order valence-electron chi connectivity index (χ4n) is 2.85. The van der Waals surface area contributed by atoms with Crippen molar-refractivity contribution >= 4 is 31.9 Å². The highest BCUT2D eigenvalue weighted by molar-refractivity contribution is 9.11. The van der Waals surface area contributed by atoms with Crippen molar-refractivity contribution < 1.29 is 0 Å². The van der Waals surface area contributed by atoms with Crippen LogP contribution in [0.25, 0.3) is 0 Å². The second kappa shape index (κ2) is 3.88. The lowest BCUT2D eigenvalue weighted by Crippen LogP contribution is -2.16. The number of rotatable bonds is 2. The molecule has 3 rings (SSSR count). The summed E-state index contributed by atoms with van der Waals surface area (Å²) in [4.78, 5) is 0. The Balaban J connectivity index is 1.66. The molecule has 2 aliphatic rings. The monoisotopic (exact) mass is 332 g/mol. The van der Waals surface area contributed by atoms with Gasteiger partial charge in [-0.2, -0.15) is 5.10 Å². The zero-order valence-corrected chi connectivity index (χ0v) is 11.7. The van der Waals surface area contributed by atoms with Crippen LogP contribution < -0.4 is 0 Å². The Morgan fingerprint density at radius 1 is 1.27 bits per heavy atom. The summed E-state index contributed by atoms with van der Waals surface area (Å²) in [5, 5.41) is 4.43. The topological polar surface area (TPSA) is 17.8 Å². The molecular formula is C11H14Br2N2. The first-order chi connectivity index (χ1) is 7.22. The average Bonchev–Trinajstić information content (AvgIpc) is 2.87. The van der Waals surface area contributed by atoms with E-state index in [1.54, 1.807) is 0 Å². The molecule has 0 aliphatic heterocycles. The minimum absolute atomic E-state index is 0.844. The predicted octanol–water partition coefficient (Wildman–Crippen LogP) is 3.84. The van der Waals surface area contributed by atoms with Gasteiger partial charge >= 0.3 is 0 Å². The van der Waals surface area contributed by atoms with E-state index in [2.05, 4.69) is 41.6 Å². The van der Waals surface area contributed by atoms with Gasteiger partial charge in [-0.3, -0.25) is 4.68 Å². The maximum absolute atomic E-state index is 4.43. The standard InChI is InChI=1S/C11H14Br2N2/c12-10-5-11(13)15(14-10)6-7-1-2-8-4-9(8)3-7/h5,7-9H,1-4,6H2. The molecule has 1 heterocycles. The van der Waals surface area contributed by atoms with Crippen molar-refractivity contribution in [2.45, 2.75) is 32.2 Å². The highest BCUT2D eigenvalue weighted by atomic mass is 79.9. The zero-order valence-electron chi connectivity index (χ0n) is 8.50. The molecule has 82 valence electrons. The van der Waals surface area contributed by atoms with Gasteiger partial charge in [-0.05, 0) is 75.3 Å². The molecule has 0 aromatic carbocycles. The van der Waals surface area contributed by atoms with Gasteiger partial charge in [0.15, 0.2) is 0 Å². The third-order valence-electron chi connectivity index (χ3n) is 3.78. The van der Waals surface area contributed by atoms with Gasteiger partial charge in [0.25, 0.3) is 0 Å². The third-order valence-corrected chi connectivity index (χ3v) is 4.81. The summed E-state index contributed by atoms with van der Waals surface area (Å²) in [6.07, 6.45) is 5.77. The number of hydrogen-bond donors (Lipinski definition) is 0. The van der Waals surface area contributed by atoms with Crippen LogP contribution >= 0.6 is 31.9 Å². The average molecular weight is 334 g/mol. The van der Waals surface area contributed by atoms with Gasteiger partial charge < -0.3 is 0 Å². The molecule has 0 N–H and O–H groups in total. The van der Waals surface area contributed by atoms with Crippen molar-refractivity contribution in [1.29, 1.82) is 0 Å². The lowest BCUT2D eigenvalue weighted by Gasteiger charge is -2.21. The second-order valence-corrected chi connectivity index (χ2v) is 6.53. The molecule has 2 nitrogen and oxygen atoms in total. The van der Waals surface area contributed by atoms with E-state index in [0.29, 0.717) is 0 Å². The summed E-state index contributed by atoms with van der Waals surface area (Å²) in [7, 11) is 0. The van der Waals surface area contributed by atoms with E-state index >= 15 is 0 Å². The molecule has 3 unspecified atom stereocenters. The van der Waals surface area contributed by atoms with E-state index in [4.69, 9.17) is 0 Å². The van der Waals surface area contributed by atoms with Crippen LogP contribution in [0.3, 0.4) is 0 Å². The molecule has 0 amide bonds. The van der Waals surface area contributed by atoms with Gasteiger partial charge in [0.1, 0.15) is 9.21 Å². The first-order valence-corrected chi connectivity index (χ1v) is 7.20. The molecule has 1 aromatic rings. The van der Waals surface area contributed by atoms with Gasteiger partial charge in [-0.1, -0.05) is 0 Å². The smallest absolute Gasteiger partial charge is 0.129 e. The van der Waals surface area contributed by atoms with Gasteiger partial charge in [0.05, 0.1) is 0 Å². The van der Waals surface area contributed by atoms with Gasteiger partial charge in [-0.15, -0.1) is 0 Å². The number of fused-ring (bicyclic) bond motifs is 1. The zero-order chi connectivity index (χ0) is 10.4. The van der Waals surface area contributed by atoms with Crippen molar-refractivity contribution in [3.63, 3.8) is 0 Å². The molecule has 2 saturated carbocycles. The van der Waals surface area contributed by atoms with E-state index < -0.39 is 0 Å². The predicted molar refractivity (Wildman–Crippen MR) is 66.6 cm³/mol. The van der Waals surface area contributed by atoms with Crippen molar-refractivity contribution in [2.75, 3.05) is 0 Å². The summed E-state index contributed by atoms with van der Waals surface area (Å²) < 4.78 is 4.10. The Bertz CT molecular complexity index is 375. The lowest BCUT2D eigenvalue weighted by molar-refractivity contribution is 0.294. The van der Waals surface area contributed by atoms with Crippen LogP contribution in [-0.4, -0.2) is 9.78 Å². The maximum atomic E-state index is 4.43. The van der Waals surface area contributed by atoms with Crippen LogP contribution in [-0.2, 0) is 6.54 Å². The molecule has 2 fully saturated rings. The largest absolute Gasteiger partial charge is 0.257 e. The molecule has 15 heavy (non-hydrogen) atoms. The highest BCUT2D eigenvalue weighted by Gasteiger charge is 2.41. The summed E-state index contributed by atoms with van der Waals surface area (Å²) in [6, 6.07) is 2.02. The molecule has 0 spiro atoms. The minimum atomic E-state index is 0.844. The van der Waals surface area contributed by atoms with Crippen LogP contribution in [0, 0.1) is 17.8 Å². The first kappa shape index (κ1) is 10.3. The lowest BCUT2D eigenvalue weighted by atomic mass is 9.89. The second-order valence-electron chi connectivity index (χ2n) is 4.91. The van der Waals surface area contributed by atoms with E-state index in [9.17, 15) is 0 Å². The van der Waals surface area contributed by atoms with Crippen LogP contribution in [0.1, 0.15) is 25.7 Å². The Morgan fingerprint density at radius 2 is 2.13 bits per heavy atom. The Kier molecular flexibility index (Phi) is 2.67. The summed E-state index contributed by atoms with van der Waals surface area (Å²) >= 11 is 6.95. The summed E-state index contributed by atoms with van der Waals surface area (Å²) in [6.45, 7) is 1.08. The molecular weight excluding hydrogens is 320 g/mol. The van der Waals surface area contributed by atoms with Crippen molar-refractivity contribution in [3.8, 4) is 0 Å². The normalized spacial score (nSPS) is 33.9. The number of nitrogens with zero attached hydrogens (tertiary/aromatic N) is 2. The number of halogens is 2. The molecule has 1 aromatic heterocycles. The van der Waals surface area contributed by atoms with Crippen LogP contribution in [0.5, 0.6) is 0 Å². The van der Waals surface area contributed by atoms with Crippen molar-refractivity contribution in [3.05, 3.63) is 15.3 Å². The quantitative estimate of drug-likeness (QED) is 0.804. The van der Waals surface area contributed by atoms with Crippen LogP contribution in [0.4, 0.5) is 0 Å². The van der Waals surface area contributed by atoms with Gasteiger partial charge in [-0.25, -0.2) is 0 Å². The molecule has 4 heteroatoms. The fraction of sp³-hybridized carbons (Fsp3) is 0.727. The Morgan fingerprint density at radius 3 is 2.80 bits per heavy atom. The van der Waals surface area contributed by atoms with E-state index in [-0.39, 0.29) is 0 Å². The van der Waals surface area contributed by atoms with Gasteiger partial charge in [0.2, 0.25) is 0 Å². The minimum Gasteiger partial charge on any atom is -0.257 e. The SMILES string of the molecule is Brc1cc(Br)n(CC2CCC3CC3C2)n1. The van der Waals surface area contributed by atoms with E-state index in [1.165, 1.54) is 25.7 Å². The number of aromatic nitrogens is 2. The molecule has 0 saturated heterocycles. The maximum Gasteiger partial charge on any atom is 0.129 e. The van der Waals surface area contributed by atoms with E-state index in [1.807, 2.05) is 6.07 Å². The van der Waals surface area contributed by atoms with Gasteiger partial charge in [0, 0.05) is 12.6 Å². The molecule has 2 aliphatic carbocycles. The van der Waals surface area contributed by atoms with E-state index in [0.717, 1.165) is 33.5 Å². The summed E-state index contributed by atoms with van der Waals surface area (Å²) in [5.74, 6) is 2.99. The fourth-order valence-corrected chi connectivity index (χ4v) is 4.01. The number of hydrogen-bond acceptors (Lipinski definition) is 1. The molecule has 0 radical (unpaired) electrons. The molecule has 3 atom stereocenters. The summed E-state index contributed by atoms with van der Waals surface area (Å²) in [5.41, 5.74) is 0. The highest BCUT2D eigenvalue weighted by Crippen LogP contribution is 2.51. The van der Waals surface area contributed by atoms with Crippen LogP contribution in [0.2, 0.25) is 0 Å². The first-order valence-electron chi connectivity index (χ1n) is 5.61. The molecule has 0 bridgehead atoms. The van der Waals surface area contributed by atoms with Crippen molar-refractivity contribution in [1.82, 2.24) is 9.78 Å². The van der Waals surface area contributed by atoms with Crippen LogP contribution in [0.15, 0.2) is 15.3 Å². The Hall–Kier alpha value is 0.170. The Labute approximate surface area is 107 Å². The third kappa shape index (κ3) is 2.16. The van der Waals surface area contributed by atoms with Crippen molar-refractivity contribution in [2.24, 2.45) is 17.8 Å².